The van der Waals surface area contributed by atoms with Crippen LogP contribution in [0.25, 0.3) is 0 Å². The molecule has 1 aliphatic heterocycles. The van der Waals surface area contributed by atoms with Gasteiger partial charge >= 0.3 is 0 Å². The van der Waals surface area contributed by atoms with Crippen LogP contribution >= 0.6 is 0 Å². The maximum Gasteiger partial charge on any atom is 0.227 e. The zero-order valence-electron chi connectivity index (χ0n) is 11.3. The summed E-state index contributed by atoms with van der Waals surface area (Å²) >= 11 is 0. The Hall–Kier alpha value is -0.940. The van der Waals surface area contributed by atoms with E-state index in [1.807, 2.05) is 0 Å². The Balaban J connectivity index is 1.92. The van der Waals surface area contributed by atoms with Gasteiger partial charge in [-0.2, -0.15) is 4.98 Å². The standard InChI is InChI=1S/C13H23N3O2/c1-9(2)6-10(8-14)7-12-15-13(16-18-12)11-4-3-5-17-11/h9-11H,3-8,14H2,1-2H3. The fourth-order valence-electron chi connectivity index (χ4n) is 2.44. The fraction of sp³-hybridized carbons (Fsp3) is 0.846. The van der Waals surface area contributed by atoms with Crippen LogP contribution in [0.2, 0.25) is 0 Å². The number of aromatic nitrogens is 2. The molecule has 0 saturated carbocycles. The zero-order valence-corrected chi connectivity index (χ0v) is 11.3. The van der Waals surface area contributed by atoms with Crippen molar-refractivity contribution in [2.24, 2.45) is 17.6 Å². The number of nitrogens with zero attached hydrogens (tertiary/aromatic N) is 2. The van der Waals surface area contributed by atoms with Gasteiger partial charge in [0.05, 0.1) is 0 Å². The molecule has 0 radical (unpaired) electrons. The van der Waals surface area contributed by atoms with Crippen LogP contribution in [-0.4, -0.2) is 23.3 Å². The molecule has 2 rings (SSSR count). The molecule has 0 aromatic carbocycles. The van der Waals surface area contributed by atoms with Crippen LogP contribution in [0.3, 0.4) is 0 Å². The summed E-state index contributed by atoms with van der Waals surface area (Å²) in [6.45, 7) is 5.87. The lowest BCUT2D eigenvalue weighted by molar-refractivity contribution is 0.103. The smallest absolute Gasteiger partial charge is 0.227 e. The van der Waals surface area contributed by atoms with Crippen LogP contribution in [0.5, 0.6) is 0 Å². The molecule has 2 N–H and O–H groups in total. The lowest BCUT2D eigenvalue weighted by atomic mass is 9.94. The van der Waals surface area contributed by atoms with Crippen molar-refractivity contribution in [2.45, 2.75) is 45.6 Å². The van der Waals surface area contributed by atoms with E-state index >= 15 is 0 Å². The van der Waals surface area contributed by atoms with E-state index in [4.69, 9.17) is 15.0 Å². The van der Waals surface area contributed by atoms with Crippen molar-refractivity contribution in [1.29, 1.82) is 0 Å². The first kappa shape index (κ1) is 13.5. The first-order chi connectivity index (χ1) is 8.69. The molecule has 18 heavy (non-hydrogen) atoms. The highest BCUT2D eigenvalue weighted by atomic mass is 16.5. The van der Waals surface area contributed by atoms with E-state index in [1.165, 1.54) is 0 Å². The number of ether oxygens (including phenoxy) is 1. The molecule has 1 fully saturated rings. The first-order valence-corrected chi connectivity index (χ1v) is 6.83. The quantitative estimate of drug-likeness (QED) is 0.840. The van der Waals surface area contributed by atoms with Crippen LogP contribution in [0.4, 0.5) is 0 Å². The highest BCUT2D eigenvalue weighted by Gasteiger charge is 2.24. The predicted octanol–water partition coefficient (Wildman–Crippen LogP) is 2.08. The van der Waals surface area contributed by atoms with Crippen molar-refractivity contribution in [3.05, 3.63) is 11.7 Å². The molecule has 0 bridgehead atoms. The van der Waals surface area contributed by atoms with Crippen molar-refractivity contribution in [1.82, 2.24) is 10.1 Å². The Morgan fingerprint density at radius 2 is 2.28 bits per heavy atom. The van der Waals surface area contributed by atoms with Gasteiger partial charge in [0.15, 0.2) is 0 Å². The van der Waals surface area contributed by atoms with E-state index in [9.17, 15) is 0 Å². The molecule has 1 aromatic heterocycles. The summed E-state index contributed by atoms with van der Waals surface area (Å²) in [5, 5.41) is 4.01. The van der Waals surface area contributed by atoms with E-state index in [-0.39, 0.29) is 6.10 Å². The van der Waals surface area contributed by atoms with E-state index in [0.717, 1.165) is 32.3 Å². The SMILES string of the molecule is CC(C)CC(CN)Cc1nc(C2CCCO2)no1. The zero-order chi connectivity index (χ0) is 13.0. The lowest BCUT2D eigenvalue weighted by Crippen LogP contribution is -2.19. The van der Waals surface area contributed by atoms with Crippen molar-refractivity contribution in [2.75, 3.05) is 13.2 Å². The molecular weight excluding hydrogens is 230 g/mol. The minimum Gasteiger partial charge on any atom is -0.370 e. The summed E-state index contributed by atoms with van der Waals surface area (Å²) < 4.78 is 10.8. The molecule has 2 atom stereocenters. The Kier molecular flexibility index (Phi) is 4.72. The number of hydrogen-bond acceptors (Lipinski definition) is 5. The van der Waals surface area contributed by atoms with E-state index in [0.29, 0.717) is 30.1 Å². The van der Waals surface area contributed by atoms with Gasteiger partial charge in [-0.3, -0.25) is 0 Å². The number of hydrogen-bond donors (Lipinski definition) is 1. The summed E-state index contributed by atoms with van der Waals surface area (Å²) in [7, 11) is 0. The molecule has 0 amide bonds. The molecule has 1 saturated heterocycles. The average molecular weight is 253 g/mol. The summed E-state index contributed by atoms with van der Waals surface area (Å²) in [4.78, 5) is 4.43. The van der Waals surface area contributed by atoms with Crippen molar-refractivity contribution < 1.29 is 9.26 Å². The Bertz CT molecular complexity index is 359. The van der Waals surface area contributed by atoms with Gasteiger partial charge in [0.1, 0.15) is 6.10 Å². The lowest BCUT2D eigenvalue weighted by Gasteiger charge is -2.14. The average Bonchev–Trinajstić information content (AvgIpc) is 2.97. The second-order valence-electron chi connectivity index (χ2n) is 5.48. The monoisotopic (exact) mass is 253 g/mol. The molecule has 0 aliphatic carbocycles. The second-order valence-corrected chi connectivity index (χ2v) is 5.48. The molecule has 2 heterocycles. The minimum absolute atomic E-state index is 0.0314. The Morgan fingerprint density at radius 3 is 2.89 bits per heavy atom. The van der Waals surface area contributed by atoms with E-state index < -0.39 is 0 Å². The summed E-state index contributed by atoms with van der Waals surface area (Å²) in [6.07, 6.45) is 3.96. The summed E-state index contributed by atoms with van der Waals surface area (Å²) in [5.41, 5.74) is 5.78. The molecule has 1 aromatic rings. The van der Waals surface area contributed by atoms with Gasteiger partial charge in [0.25, 0.3) is 0 Å². The Labute approximate surface area is 108 Å². The first-order valence-electron chi connectivity index (χ1n) is 6.83. The van der Waals surface area contributed by atoms with E-state index in [2.05, 4.69) is 24.0 Å². The van der Waals surface area contributed by atoms with Crippen LogP contribution in [0.15, 0.2) is 4.52 Å². The van der Waals surface area contributed by atoms with Crippen LogP contribution in [-0.2, 0) is 11.2 Å². The van der Waals surface area contributed by atoms with Gasteiger partial charge in [-0.15, -0.1) is 0 Å². The third-order valence-electron chi connectivity index (χ3n) is 3.30. The number of rotatable bonds is 6. The fourth-order valence-corrected chi connectivity index (χ4v) is 2.44. The van der Waals surface area contributed by atoms with E-state index in [1.54, 1.807) is 0 Å². The molecule has 0 spiro atoms. The second kappa shape index (κ2) is 6.29. The van der Waals surface area contributed by atoms with Crippen molar-refractivity contribution in [3.63, 3.8) is 0 Å². The van der Waals surface area contributed by atoms with Gasteiger partial charge in [0, 0.05) is 13.0 Å². The topological polar surface area (TPSA) is 74.2 Å². The maximum atomic E-state index is 5.78. The highest BCUT2D eigenvalue weighted by molar-refractivity contribution is 4.94. The molecule has 2 unspecified atom stereocenters. The number of nitrogens with two attached hydrogens (primary N) is 1. The predicted molar refractivity (Wildman–Crippen MR) is 67.9 cm³/mol. The van der Waals surface area contributed by atoms with Crippen LogP contribution in [0, 0.1) is 11.8 Å². The minimum atomic E-state index is 0.0314. The Morgan fingerprint density at radius 1 is 1.44 bits per heavy atom. The highest BCUT2D eigenvalue weighted by Crippen LogP contribution is 2.26. The third kappa shape index (κ3) is 3.53. The third-order valence-corrected chi connectivity index (χ3v) is 3.30. The largest absolute Gasteiger partial charge is 0.370 e. The molecule has 5 nitrogen and oxygen atoms in total. The molecule has 1 aliphatic rings. The van der Waals surface area contributed by atoms with Gasteiger partial charge in [-0.1, -0.05) is 19.0 Å². The van der Waals surface area contributed by atoms with Gasteiger partial charge < -0.3 is 15.0 Å². The van der Waals surface area contributed by atoms with Crippen molar-refractivity contribution >= 4 is 0 Å². The van der Waals surface area contributed by atoms with Gasteiger partial charge in [-0.25, -0.2) is 0 Å². The molecular formula is C13H23N3O2. The normalized spacial score (nSPS) is 21.7. The van der Waals surface area contributed by atoms with Gasteiger partial charge in [0.2, 0.25) is 11.7 Å². The van der Waals surface area contributed by atoms with Crippen LogP contribution in [0.1, 0.15) is 50.9 Å². The summed E-state index contributed by atoms with van der Waals surface area (Å²) in [5.74, 6) is 2.45. The molecule has 5 heteroatoms. The maximum absolute atomic E-state index is 5.78. The van der Waals surface area contributed by atoms with Crippen LogP contribution < -0.4 is 5.73 Å². The summed E-state index contributed by atoms with van der Waals surface area (Å²) in [6, 6.07) is 0. The van der Waals surface area contributed by atoms with Crippen molar-refractivity contribution in [3.8, 4) is 0 Å². The molecule has 102 valence electrons. The van der Waals surface area contributed by atoms with Gasteiger partial charge in [-0.05, 0) is 37.6 Å².